The quantitative estimate of drug-likeness (QED) is 0.752. The number of rotatable bonds is 4. The van der Waals surface area contributed by atoms with Gasteiger partial charge in [-0.15, -0.1) is 0 Å². The Bertz CT molecular complexity index is 445. The van der Waals surface area contributed by atoms with E-state index in [1.807, 2.05) is 0 Å². The number of nitrogens with two attached hydrogens (primary N) is 1. The topological polar surface area (TPSA) is 84.1 Å². The van der Waals surface area contributed by atoms with Crippen LogP contribution < -0.4 is 11.1 Å². The van der Waals surface area contributed by atoms with E-state index in [2.05, 4.69) is 20.2 Å². The van der Waals surface area contributed by atoms with Gasteiger partial charge in [0.25, 0.3) is 5.91 Å². The van der Waals surface area contributed by atoms with Crippen LogP contribution in [0.1, 0.15) is 23.3 Å². The van der Waals surface area contributed by atoms with Gasteiger partial charge in [-0.05, 0) is 12.8 Å². The van der Waals surface area contributed by atoms with Crippen LogP contribution >= 0.6 is 12.2 Å². The highest BCUT2D eigenvalue weighted by atomic mass is 32.1. The largest absolute Gasteiger partial charge is 0.392 e. The molecule has 0 aromatic carbocycles. The van der Waals surface area contributed by atoms with Gasteiger partial charge >= 0.3 is 0 Å². The van der Waals surface area contributed by atoms with E-state index < -0.39 is 0 Å². The number of carbonyl (C=O) groups excluding carboxylic acids is 1. The summed E-state index contributed by atoms with van der Waals surface area (Å²) in [4.78, 5) is 22.5. The van der Waals surface area contributed by atoms with Crippen molar-refractivity contribution in [3.63, 3.8) is 0 Å². The van der Waals surface area contributed by atoms with Crippen molar-refractivity contribution in [2.24, 2.45) is 5.73 Å². The molecule has 19 heavy (non-hydrogen) atoms. The smallest absolute Gasteiger partial charge is 0.271 e. The van der Waals surface area contributed by atoms with Gasteiger partial charge in [0.05, 0.1) is 11.2 Å². The van der Waals surface area contributed by atoms with Crippen molar-refractivity contribution in [1.82, 2.24) is 20.2 Å². The molecule has 6 nitrogen and oxygen atoms in total. The second-order valence-corrected chi connectivity index (χ2v) is 5.11. The Hall–Kier alpha value is -1.60. The third-order valence-corrected chi connectivity index (χ3v) is 3.23. The highest BCUT2D eigenvalue weighted by molar-refractivity contribution is 7.80. The zero-order valence-corrected chi connectivity index (χ0v) is 11.4. The molecule has 2 rings (SSSR count). The number of hydrogen-bond acceptors (Lipinski definition) is 5. The van der Waals surface area contributed by atoms with Crippen LogP contribution in [0.4, 0.5) is 0 Å². The molecule has 1 aromatic heterocycles. The molecule has 1 aliphatic heterocycles. The third kappa shape index (κ3) is 4.22. The van der Waals surface area contributed by atoms with Gasteiger partial charge in [-0.3, -0.25) is 14.7 Å². The average Bonchev–Trinajstić information content (AvgIpc) is 2.41. The molecule has 0 bridgehead atoms. The van der Waals surface area contributed by atoms with Crippen molar-refractivity contribution in [2.45, 2.75) is 18.9 Å². The lowest BCUT2D eigenvalue weighted by Crippen LogP contribution is -2.46. The summed E-state index contributed by atoms with van der Waals surface area (Å²) in [6.45, 7) is 2.44. The van der Waals surface area contributed by atoms with E-state index in [4.69, 9.17) is 18.0 Å². The van der Waals surface area contributed by atoms with E-state index >= 15 is 0 Å². The minimum absolute atomic E-state index is 0.166. The summed E-state index contributed by atoms with van der Waals surface area (Å²) in [5.41, 5.74) is 5.87. The molecule has 0 spiro atoms. The van der Waals surface area contributed by atoms with Crippen LogP contribution in [0.3, 0.4) is 0 Å². The second kappa shape index (κ2) is 6.53. The molecule has 1 aromatic rings. The maximum atomic E-state index is 11.9. The second-order valence-electron chi connectivity index (χ2n) is 4.58. The number of carbonyl (C=O) groups is 1. The Morgan fingerprint density at radius 3 is 2.79 bits per heavy atom. The minimum Gasteiger partial charge on any atom is -0.392 e. The maximum Gasteiger partial charge on any atom is 0.271 e. The van der Waals surface area contributed by atoms with Crippen molar-refractivity contribution in [3.05, 3.63) is 24.3 Å². The van der Waals surface area contributed by atoms with Gasteiger partial charge in [0.15, 0.2) is 0 Å². The first kappa shape index (κ1) is 13.8. The molecule has 7 heteroatoms. The van der Waals surface area contributed by atoms with Crippen LogP contribution in [-0.4, -0.2) is 51.4 Å². The minimum atomic E-state index is -0.166. The van der Waals surface area contributed by atoms with Crippen molar-refractivity contribution < 1.29 is 4.79 Å². The number of nitrogens with zero attached hydrogens (tertiary/aromatic N) is 3. The van der Waals surface area contributed by atoms with Crippen LogP contribution in [0, 0.1) is 0 Å². The highest BCUT2D eigenvalue weighted by Crippen LogP contribution is 2.10. The molecule has 1 saturated heterocycles. The summed E-state index contributed by atoms with van der Waals surface area (Å²) < 4.78 is 0. The summed E-state index contributed by atoms with van der Waals surface area (Å²) in [5, 5.41) is 2.98. The number of piperidine rings is 1. The molecule has 1 amide bonds. The Morgan fingerprint density at radius 1 is 1.47 bits per heavy atom. The van der Waals surface area contributed by atoms with Gasteiger partial charge in [0, 0.05) is 38.1 Å². The molecule has 0 aliphatic carbocycles. The van der Waals surface area contributed by atoms with E-state index in [0.717, 1.165) is 25.9 Å². The number of thiocarbonyl (C=S) groups is 1. The van der Waals surface area contributed by atoms with Crippen LogP contribution in [0.25, 0.3) is 0 Å². The molecule has 1 aliphatic rings. The SMILES string of the molecule is NC(=S)CN1CCC(NC(=O)c2cnccn2)CC1. The Kier molecular flexibility index (Phi) is 4.75. The Morgan fingerprint density at radius 2 is 2.21 bits per heavy atom. The van der Waals surface area contributed by atoms with Gasteiger partial charge in [0.2, 0.25) is 0 Å². The molecule has 102 valence electrons. The molecule has 3 N–H and O–H groups in total. The van der Waals surface area contributed by atoms with Crippen LogP contribution in [0.15, 0.2) is 18.6 Å². The fraction of sp³-hybridized carbons (Fsp3) is 0.500. The monoisotopic (exact) mass is 279 g/mol. The Labute approximate surface area is 117 Å². The van der Waals surface area contributed by atoms with Gasteiger partial charge in [-0.2, -0.15) is 0 Å². The lowest BCUT2D eigenvalue weighted by molar-refractivity contribution is 0.0909. The number of hydrogen-bond donors (Lipinski definition) is 2. The lowest BCUT2D eigenvalue weighted by atomic mass is 10.0. The molecule has 1 fully saturated rings. The zero-order valence-electron chi connectivity index (χ0n) is 10.6. The molecule has 0 saturated carbocycles. The van der Waals surface area contributed by atoms with Crippen molar-refractivity contribution in [3.8, 4) is 0 Å². The van der Waals surface area contributed by atoms with E-state index in [0.29, 0.717) is 17.2 Å². The third-order valence-electron chi connectivity index (χ3n) is 3.10. The first-order valence-electron chi connectivity index (χ1n) is 6.22. The maximum absolute atomic E-state index is 11.9. The van der Waals surface area contributed by atoms with Gasteiger partial charge in [-0.1, -0.05) is 12.2 Å². The molecule has 0 atom stereocenters. The molecule has 2 heterocycles. The van der Waals surface area contributed by atoms with E-state index in [1.165, 1.54) is 12.4 Å². The van der Waals surface area contributed by atoms with Gasteiger partial charge in [0.1, 0.15) is 5.69 Å². The summed E-state index contributed by atoms with van der Waals surface area (Å²) >= 11 is 4.89. The highest BCUT2D eigenvalue weighted by Gasteiger charge is 2.21. The first-order valence-corrected chi connectivity index (χ1v) is 6.63. The summed E-state index contributed by atoms with van der Waals surface area (Å²) in [7, 11) is 0. The molecular weight excluding hydrogens is 262 g/mol. The normalized spacial score (nSPS) is 17.1. The fourth-order valence-corrected chi connectivity index (χ4v) is 2.31. The predicted octanol–water partition coefficient (Wildman–Crippen LogP) is -0.0431. The van der Waals surface area contributed by atoms with Crippen molar-refractivity contribution >= 4 is 23.1 Å². The number of nitrogens with one attached hydrogen (secondary N) is 1. The van der Waals surface area contributed by atoms with E-state index in [1.54, 1.807) is 6.20 Å². The standard InChI is InChI=1S/C12H17N5OS/c13-11(19)8-17-5-1-9(2-6-17)16-12(18)10-7-14-3-4-15-10/h3-4,7,9H,1-2,5-6,8H2,(H2,13,19)(H,16,18). The fourth-order valence-electron chi connectivity index (χ4n) is 2.13. The van der Waals surface area contributed by atoms with Crippen LogP contribution in [0.2, 0.25) is 0 Å². The number of aromatic nitrogens is 2. The summed E-state index contributed by atoms with van der Waals surface area (Å²) in [6, 6.07) is 0.178. The zero-order chi connectivity index (χ0) is 13.7. The van der Waals surface area contributed by atoms with Crippen molar-refractivity contribution in [2.75, 3.05) is 19.6 Å². The molecular formula is C12H17N5OS. The average molecular weight is 279 g/mol. The van der Waals surface area contributed by atoms with Crippen LogP contribution in [-0.2, 0) is 0 Å². The van der Waals surface area contributed by atoms with E-state index in [-0.39, 0.29) is 11.9 Å². The van der Waals surface area contributed by atoms with E-state index in [9.17, 15) is 4.79 Å². The molecule has 0 unspecified atom stereocenters. The first-order chi connectivity index (χ1) is 9.15. The molecule has 0 radical (unpaired) electrons. The number of likely N-dealkylation sites (tertiary alicyclic amines) is 1. The number of amides is 1. The lowest BCUT2D eigenvalue weighted by Gasteiger charge is -2.31. The summed E-state index contributed by atoms with van der Waals surface area (Å²) in [6.07, 6.45) is 6.32. The van der Waals surface area contributed by atoms with Crippen LogP contribution in [0.5, 0.6) is 0 Å². The Balaban J connectivity index is 1.80. The van der Waals surface area contributed by atoms with Gasteiger partial charge in [-0.25, -0.2) is 4.98 Å². The van der Waals surface area contributed by atoms with Gasteiger partial charge < -0.3 is 11.1 Å². The van der Waals surface area contributed by atoms with Crippen molar-refractivity contribution in [1.29, 1.82) is 0 Å². The summed E-state index contributed by atoms with van der Waals surface area (Å²) in [5.74, 6) is -0.166. The predicted molar refractivity (Wildman–Crippen MR) is 75.7 cm³/mol.